The Morgan fingerprint density at radius 1 is 1.28 bits per heavy atom. The van der Waals surface area contributed by atoms with Crippen molar-refractivity contribution in [2.45, 2.75) is 58.4 Å². The van der Waals surface area contributed by atoms with Crippen LogP contribution >= 0.6 is 0 Å². The van der Waals surface area contributed by atoms with Gasteiger partial charge in [-0.3, -0.25) is 4.79 Å². The molecule has 0 saturated heterocycles. The molecule has 0 spiro atoms. The summed E-state index contributed by atoms with van der Waals surface area (Å²) >= 11 is 0. The fourth-order valence-electron chi connectivity index (χ4n) is 2.69. The smallest absolute Gasteiger partial charge is 0.234 e. The molecule has 5 nitrogen and oxygen atoms in total. The molecule has 2 aliphatic rings. The zero-order valence-corrected chi connectivity index (χ0v) is 11.2. The van der Waals surface area contributed by atoms with Gasteiger partial charge in [0.1, 0.15) is 5.41 Å². The van der Waals surface area contributed by atoms with Crippen molar-refractivity contribution in [2.24, 2.45) is 21.7 Å². The van der Waals surface area contributed by atoms with Crippen LogP contribution in [-0.2, 0) is 4.79 Å². The second-order valence-electron chi connectivity index (χ2n) is 6.48. The molecule has 1 amide bonds. The van der Waals surface area contributed by atoms with Gasteiger partial charge in [0.25, 0.3) is 0 Å². The normalized spacial score (nSPS) is 26.7. The highest BCUT2D eigenvalue weighted by Gasteiger charge is 2.54. The van der Waals surface area contributed by atoms with E-state index in [-0.39, 0.29) is 17.8 Å². The Balaban J connectivity index is 1.90. The number of hydrogen-bond donors (Lipinski definition) is 3. The van der Waals surface area contributed by atoms with Gasteiger partial charge in [0.05, 0.1) is 0 Å². The minimum Gasteiger partial charge on any atom is -0.409 e. The molecule has 0 heterocycles. The molecule has 18 heavy (non-hydrogen) atoms. The number of oxime groups is 1. The fourth-order valence-corrected chi connectivity index (χ4v) is 2.69. The summed E-state index contributed by atoms with van der Waals surface area (Å²) in [5.41, 5.74) is 5.27. The van der Waals surface area contributed by atoms with E-state index in [0.717, 1.165) is 25.7 Å². The van der Waals surface area contributed by atoms with Crippen LogP contribution in [0.4, 0.5) is 0 Å². The molecule has 2 saturated carbocycles. The van der Waals surface area contributed by atoms with Crippen molar-refractivity contribution in [1.29, 1.82) is 0 Å². The first-order valence-corrected chi connectivity index (χ1v) is 6.69. The van der Waals surface area contributed by atoms with Crippen LogP contribution in [0, 0.1) is 10.8 Å². The zero-order chi connectivity index (χ0) is 13.4. The maximum atomic E-state index is 12.2. The Labute approximate surface area is 108 Å². The van der Waals surface area contributed by atoms with Crippen LogP contribution in [0.25, 0.3) is 0 Å². The van der Waals surface area contributed by atoms with E-state index in [0.29, 0.717) is 18.3 Å². The maximum Gasteiger partial charge on any atom is 0.234 e. The molecule has 0 radical (unpaired) electrons. The first-order chi connectivity index (χ1) is 8.39. The Bertz CT molecular complexity index is 362. The summed E-state index contributed by atoms with van der Waals surface area (Å²) in [7, 11) is 0. The van der Waals surface area contributed by atoms with Crippen LogP contribution in [0.2, 0.25) is 0 Å². The summed E-state index contributed by atoms with van der Waals surface area (Å²) in [6.07, 6.45) is 5.68. The molecular formula is C13H23N3O2. The van der Waals surface area contributed by atoms with Crippen molar-refractivity contribution in [3.8, 4) is 0 Å². The van der Waals surface area contributed by atoms with Gasteiger partial charge in [-0.25, -0.2) is 0 Å². The molecule has 2 rings (SSSR count). The number of amides is 1. The number of amidine groups is 1. The predicted octanol–water partition coefficient (Wildman–Crippen LogP) is 1.60. The molecule has 0 atom stereocenters. The number of nitrogens with one attached hydrogen (secondary N) is 1. The van der Waals surface area contributed by atoms with Gasteiger partial charge in [-0.15, -0.1) is 0 Å². The van der Waals surface area contributed by atoms with Gasteiger partial charge < -0.3 is 16.3 Å². The minimum absolute atomic E-state index is 0.0520. The lowest BCUT2D eigenvalue weighted by Gasteiger charge is -2.35. The highest BCUT2D eigenvalue weighted by Crippen LogP contribution is 2.46. The summed E-state index contributed by atoms with van der Waals surface area (Å²) in [6, 6.07) is 0.245. The molecule has 5 heteroatoms. The van der Waals surface area contributed by atoms with Crippen LogP contribution in [0.15, 0.2) is 5.16 Å². The number of carbonyl (C=O) groups excluding carboxylic acids is 1. The Morgan fingerprint density at radius 3 is 2.28 bits per heavy atom. The van der Waals surface area contributed by atoms with Crippen molar-refractivity contribution < 1.29 is 10.0 Å². The number of hydrogen-bond acceptors (Lipinski definition) is 3. The first kappa shape index (κ1) is 13.2. The minimum atomic E-state index is -0.721. The average Bonchev–Trinajstić information content (AvgIpc) is 3.12. The van der Waals surface area contributed by atoms with Gasteiger partial charge in [-0.05, 0) is 43.9 Å². The Morgan fingerprint density at radius 2 is 1.83 bits per heavy atom. The molecule has 0 bridgehead atoms. The molecule has 102 valence electrons. The monoisotopic (exact) mass is 253 g/mol. The molecule has 0 aromatic rings. The van der Waals surface area contributed by atoms with E-state index in [1.165, 1.54) is 0 Å². The number of nitrogens with zero attached hydrogens (tertiary/aromatic N) is 1. The van der Waals surface area contributed by atoms with Gasteiger partial charge in [0.2, 0.25) is 5.91 Å². The van der Waals surface area contributed by atoms with Crippen molar-refractivity contribution in [2.75, 3.05) is 0 Å². The Kier molecular flexibility index (Phi) is 3.25. The summed E-state index contributed by atoms with van der Waals surface area (Å²) in [5, 5.41) is 14.8. The van der Waals surface area contributed by atoms with E-state index in [4.69, 9.17) is 10.9 Å². The predicted molar refractivity (Wildman–Crippen MR) is 69.3 cm³/mol. The topological polar surface area (TPSA) is 87.7 Å². The molecule has 2 fully saturated rings. The van der Waals surface area contributed by atoms with Crippen molar-refractivity contribution >= 4 is 11.7 Å². The fraction of sp³-hybridized carbons (Fsp3) is 0.846. The molecule has 4 N–H and O–H groups in total. The lowest BCUT2D eigenvalue weighted by Crippen LogP contribution is -2.46. The van der Waals surface area contributed by atoms with Crippen molar-refractivity contribution in [1.82, 2.24) is 5.32 Å². The van der Waals surface area contributed by atoms with Crippen LogP contribution in [0.5, 0.6) is 0 Å². The van der Waals surface area contributed by atoms with Gasteiger partial charge in [0, 0.05) is 6.04 Å². The van der Waals surface area contributed by atoms with Crippen LogP contribution in [0.1, 0.15) is 52.4 Å². The quantitative estimate of drug-likeness (QED) is 0.309. The highest BCUT2D eigenvalue weighted by atomic mass is 16.4. The second kappa shape index (κ2) is 4.44. The summed E-state index contributed by atoms with van der Waals surface area (Å²) in [5.74, 6) is -0.0151. The molecule has 2 aliphatic carbocycles. The van der Waals surface area contributed by atoms with Gasteiger partial charge in [0.15, 0.2) is 5.84 Å². The van der Waals surface area contributed by atoms with E-state index in [9.17, 15) is 4.79 Å². The molecule has 0 aliphatic heterocycles. The maximum absolute atomic E-state index is 12.2. The third-order valence-corrected chi connectivity index (χ3v) is 4.46. The van der Waals surface area contributed by atoms with Gasteiger partial charge in [-0.2, -0.15) is 0 Å². The standard InChI is InChI=1S/C13H23N3O2/c1-12(2)5-3-9(4-6-12)15-11(17)13(7-8-13)10(14)16-18/h9,18H,3-8H2,1-2H3,(H2,14,16)(H,15,17). The van der Waals surface area contributed by atoms with E-state index in [1.54, 1.807) is 0 Å². The number of carbonyl (C=O) groups is 1. The molecule has 0 aromatic carbocycles. The van der Waals surface area contributed by atoms with E-state index in [2.05, 4.69) is 24.3 Å². The summed E-state index contributed by atoms with van der Waals surface area (Å²) in [4.78, 5) is 12.2. The van der Waals surface area contributed by atoms with Crippen molar-refractivity contribution in [3.05, 3.63) is 0 Å². The van der Waals surface area contributed by atoms with E-state index in [1.807, 2.05) is 0 Å². The third kappa shape index (κ3) is 2.44. The number of nitrogens with two attached hydrogens (primary N) is 1. The van der Waals surface area contributed by atoms with Gasteiger partial charge in [-0.1, -0.05) is 19.0 Å². The van der Waals surface area contributed by atoms with Gasteiger partial charge >= 0.3 is 0 Å². The summed E-state index contributed by atoms with van der Waals surface area (Å²) in [6.45, 7) is 4.54. The largest absolute Gasteiger partial charge is 0.409 e. The van der Waals surface area contributed by atoms with Crippen LogP contribution in [-0.4, -0.2) is 23.0 Å². The highest BCUT2D eigenvalue weighted by molar-refractivity contribution is 6.09. The lowest BCUT2D eigenvalue weighted by molar-refractivity contribution is -0.125. The van der Waals surface area contributed by atoms with E-state index >= 15 is 0 Å². The zero-order valence-electron chi connectivity index (χ0n) is 11.2. The first-order valence-electron chi connectivity index (χ1n) is 6.69. The average molecular weight is 253 g/mol. The molecule has 0 aromatic heterocycles. The summed E-state index contributed by atoms with van der Waals surface area (Å²) < 4.78 is 0. The van der Waals surface area contributed by atoms with Crippen molar-refractivity contribution in [3.63, 3.8) is 0 Å². The lowest BCUT2D eigenvalue weighted by atomic mass is 9.75. The third-order valence-electron chi connectivity index (χ3n) is 4.46. The van der Waals surface area contributed by atoms with Crippen LogP contribution < -0.4 is 11.1 Å². The number of rotatable bonds is 3. The second-order valence-corrected chi connectivity index (χ2v) is 6.48. The SMILES string of the molecule is CC1(C)CCC(NC(=O)C2(C(N)=NO)CC2)CC1. The van der Waals surface area contributed by atoms with Crippen LogP contribution in [0.3, 0.4) is 0 Å². The Hall–Kier alpha value is -1.26. The molecular weight excluding hydrogens is 230 g/mol. The molecule has 0 unspecified atom stereocenters. The van der Waals surface area contributed by atoms with E-state index < -0.39 is 5.41 Å².